The number of rotatable bonds is 5. The van der Waals surface area contributed by atoms with Crippen molar-refractivity contribution in [3.63, 3.8) is 0 Å². The third-order valence-corrected chi connectivity index (χ3v) is 4.23. The first-order valence-electron chi connectivity index (χ1n) is 7.75. The van der Waals surface area contributed by atoms with Crippen LogP contribution >= 0.6 is 15.9 Å². The standard InChI is InChI=1S/C18H17BrN2O5/c1-23-15-8-11(7-12(19)17(15)24-2)9-20-21-18(22)16-10-25-13-5-3-4-6-14(13)26-16/h3-9,16H,10H2,1-2H3,(H,21,22)/b20-9+/t16-/m1/s1. The Morgan fingerprint density at radius 1 is 1.27 bits per heavy atom. The van der Waals surface area contributed by atoms with Gasteiger partial charge >= 0.3 is 0 Å². The summed E-state index contributed by atoms with van der Waals surface area (Å²) in [4.78, 5) is 12.2. The largest absolute Gasteiger partial charge is 0.493 e. The highest BCUT2D eigenvalue weighted by Gasteiger charge is 2.27. The fourth-order valence-electron chi connectivity index (χ4n) is 2.40. The van der Waals surface area contributed by atoms with Gasteiger partial charge < -0.3 is 18.9 Å². The minimum absolute atomic E-state index is 0.125. The molecule has 1 aliphatic heterocycles. The third kappa shape index (κ3) is 3.91. The molecule has 1 heterocycles. The lowest BCUT2D eigenvalue weighted by atomic mass is 10.2. The van der Waals surface area contributed by atoms with Gasteiger partial charge in [0.25, 0.3) is 5.91 Å². The fourth-order valence-corrected chi connectivity index (χ4v) is 3.03. The third-order valence-electron chi connectivity index (χ3n) is 3.65. The van der Waals surface area contributed by atoms with Crippen LogP contribution in [0.4, 0.5) is 0 Å². The molecule has 3 rings (SSSR count). The summed E-state index contributed by atoms with van der Waals surface area (Å²) in [7, 11) is 3.10. The number of benzene rings is 2. The average molecular weight is 421 g/mol. The zero-order chi connectivity index (χ0) is 18.5. The molecule has 26 heavy (non-hydrogen) atoms. The van der Waals surface area contributed by atoms with E-state index in [1.54, 1.807) is 38.5 Å². The number of ether oxygens (including phenoxy) is 4. The molecule has 0 aromatic heterocycles. The number of methoxy groups -OCH3 is 2. The van der Waals surface area contributed by atoms with E-state index in [0.717, 1.165) is 5.56 Å². The Morgan fingerprint density at radius 3 is 2.77 bits per heavy atom. The summed E-state index contributed by atoms with van der Waals surface area (Å²) in [6, 6.07) is 10.7. The van der Waals surface area contributed by atoms with E-state index in [4.69, 9.17) is 18.9 Å². The molecule has 0 spiro atoms. The quantitative estimate of drug-likeness (QED) is 0.594. The van der Waals surface area contributed by atoms with E-state index in [0.29, 0.717) is 27.5 Å². The van der Waals surface area contributed by atoms with Crippen molar-refractivity contribution in [1.82, 2.24) is 5.43 Å². The molecule has 0 saturated heterocycles. The molecule has 1 atom stereocenters. The number of hydrogen-bond donors (Lipinski definition) is 1. The number of halogens is 1. The Kier molecular flexibility index (Phi) is 5.62. The summed E-state index contributed by atoms with van der Waals surface area (Å²) >= 11 is 3.41. The molecule has 0 radical (unpaired) electrons. The number of para-hydroxylation sites is 2. The smallest absolute Gasteiger partial charge is 0.284 e. The Morgan fingerprint density at radius 2 is 2.04 bits per heavy atom. The Labute approximate surface area is 159 Å². The van der Waals surface area contributed by atoms with Crippen molar-refractivity contribution in [2.24, 2.45) is 5.10 Å². The van der Waals surface area contributed by atoms with Crippen LogP contribution in [0, 0.1) is 0 Å². The van der Waals surface area contributed by atoms with Crippen molar-refractivity contribution in [2.75, 3.05) is 20.8 Å². The van der Waals surface area contributed by atoms with E-state index in [1.165, 1.54) is 6.21 Å². The van der Waals surface area contributed by atoms with Crippen LogP contribution in [-0.2, 0) is 4.79 Å². The maximum Gasteiger partial charge on any atom is 0.284 e. The minimum Gasteiger partial charge on any atom is -0.493 e. The van der Waals surface area contributed by atoms with Crippen molar-refractivity contribution < 1.29 is 23.7 Å². The summed E-state index contributed by atoms with van der Waals surface area (Å²) in [5, 5.41) is 3.97. The topological polar surface area (TPSA) is 78.4 Å². The maximum absolute atomic E-state index is 12.2. The van der Waals surface area contributed by atoms with E-state index < -0.39 is 12.0 Å². The molecule has 1 aliphatic rings. The van der Waals surface area contributed by atoms with Crippen LogP contribution in [0.5, 0.6) is 23.0 Å². The molecule has 136 valence electrons. The molecular weight excluding hydrogens is 404 g/mol. The van der Waals surface area contributed by atoms with Crippen LogP contribution in [0.2, 0.25) is 0 Å². The van der Waals surface area contributed by atoms with Gasteiger partial charge in [-0.3, -0.25) is 4.79 Å². The van der Waals surface area contributed by atoms with Crippen LogP contribution in [0.3, 0.4) is 0 Å². The normalized spacial score (nSPS) is 15.6. The van der Waals surface area contributed by atoms with Gasteiger partial charge in [0.15, 0.2) is 23.0 Å². The summed E-state index contributed by atoms with van der Waals surface area (Å²) in [6.45, 7) is 0.125. The molecule has 8 heteroatoms. The van der Waals surface area contributed by atoms with Crippen molar-refractivity contribution in [2.45, 2.75) is 6.10 Å². The van der Waals surface area contributed by atoms with Crippen molar-refractivity contribution in [3.8, 4) is 23.0 Å². The summed E-state index contributed by atoms with van der Waals surface area (Å²) in [5.41, 5.74) is 3.18. The lowest BCUT2D eigenvalue weighted by Gasteiger charge is -2.24. The van der Waals surface area contributed by atoms with Crippen LogP contribution in [0.15, 0.2) is 46.0 Å². The molecule has 0 aliphatic carbocycles. The number of amides is 1. The lowest BCUT2D eigenvalue weighted by Crippen LogP contribution is -2.42. The molecule has 0 bridgehead atoms. The zero-order valence-corrected chi connectivity index (χ0v) is 15.8. The molecule has 2 aromatic rings. The predicted molar refractivity (Wildman–Crippen MR) is 99.3 cm³/mol. The first-order chi connectivity index (χ1) is 12.6. The van der Waals surface area contributed by atoms with E-state index >= 15 is 0 Å². The summed E-state index contributed by atoms with van der Waals surface area (Å²) < 4.78 is 22.4. The van der Waals surface area contributed by atoms with Crippen LogP contribution in [0.25, 0.3) is 0 Å². The summed E-state index contributed by atoms with van der Waals surface area (Å²) in [5.74, 6) is 1.90. The van der Waals surface area contributed by atoms with Crippen LogP contribution in [0.1, 0.15) is 5.56 Å². The molecule has 0 saturated carbocycles. The number of fused-ring (bicyclic) bond motifs is 1. The molecule has 1 N–H and O–H groups in total. The van der Waals surface area contributed by atoms with E-state index in [-0.39, 0.29) is 6.61 Å². The first-order valence-corrected chi connectivity index (χ1v) is 8.54. The molecule has 1 amide bonds. The van der Waals surface area contributed by atoms with Gasteiger partial charge in [0.1, 0.15) is 6.61 Å². The van der Waals surface area contributed by atoms with Gasteiger partial charge in [-0.25, -0.2) is 5.43 Å². The van der Waals surface area contributed by atoms with E-state index in [2.05, 4.69) is 26.5 Å². The number of carbonyl (C=O) groups excluding carboxylic acids is 1. The van der Waals surface area contributed by atoms with Crippen LogP contribution < -0.4 is 24.4 Å². The second-order valence-corrected chi connectivity index (χ2v) is 6.19. The number of hydrogen-bond acceptors (Lipinski definition) is 6. The fraction of sp³-hybridized carbons (Fsp3) is 0.222. The Bertz CT molecular complexity index is 840. The lowest BCUT2D eigenvalue weighted by molar-refractivity contribution is -0.130. The Balaban J connectivity index is 1.64. The number of nitrogens with zero attached hydrogens (tertiary/aromatic N) is 1. The van der Waals surface area contributed by atoms with Gasteiger partial charge in [-0.2, -0.15) is 5.10 Å². The molecule has 0 fully saturated rings. The van der Waals surface area contributed by atoms with E-state index in [9.17, 15) is 4.79 Å². The highest BCUT2D eigenvalue weighted by molar-refractivity contribution is 9.10. The predicted octanol–water partition coefficient (Wildman–Crippen LogP) is 2.76. The number of hydrazone groups is 1. The number of nitrogens with one attached hydrogen (secondary N) is 1. The second-order valence-electron chi connectivity index (χ2n) is 5.34. The van der Waals surface area contributed by atoms with Crippen molar-refractivity contribution >= 4 is 28.1 Å². The maximum atomic E-state index is 12.2. The first kappa shape index (κ1) is 18.1. The van der Waals surface area contributed by atoms with Crippen LogP contribution in [-0.4, -0.2) is 39.1 Å². The average Bonchev–Trinajstić information content (AvgIpc) is 2.67. The van der Waals surface area contributed by atoms with Gasteiger partial charge in [0.05, 0.1) is 24.9 Å². The zero-order valence-electron chi connectivity index (χ0n) is 14.2. The van der Waals surface area contributed by atoms with Crippen molar-refractivity contribution in [3.05, 3.63) is 46.4 Å². The second kappa shape index (κ2) is 8.09. The highest BCUT2D eigenvalue weighted by Crippen LogP contribution is 2.35. The summed E-state index contributed by atoms with van der Waals surface area (Å²) in [6.07, 6.45) is 0.738. The number of carbonyl (C=O) groups is 1. The molecule has 7 nitrogen and oxygen atoms in total. The monoisotopic (exact) mass is 420 g/mol. The SMILES string of the molecule is COc1cc(/C=N/NC(=O)[C@H]2COc3ccccc3O2)cc(Br)c1OC. The van der Waals surface area contributed by atoms with Gasteiger partial charge in [-0.15, -0.1) is 0 Å². The molecular formula is C18H17BrN2O5. The van der Waals surface area contributed by atoms with Crippen molar-refractivity contribution in [1.29, 1.82) is 0 Å². The van der Waals surface area contributed by atoms with Gasteiger partial charge in [-0.1, -0.05) is 12.1 Å². The minimum atomic E-state index is -0.765. The molecule has 0 unspecified atom stereocenters. The van der Waals surface area contributed by atoms with E-state index in [1.807, 2.05) is 12.1 Å². The van der Waals surface area contributed by atoms with Gasteiger partial charge in [-0.05, 0) is 45.8 Å². The highest BCUT2D eigenvalue weighted by atomic mass is 79.9. The van der Waals surface area contributed by atoms with Gasteiger partial charge in [0, 0.05) is 0 Å². The Hall–Kier alpha value is -2.74. The molecule has 2 aromatic carbocycles. The van der Waals surface area contributed by atoms with Gasteiger partial charge in [0.2, 0.25) is 6.10 Å².